The third-order valence-electron chi connectivity index (χ3n) is 2.27. The van der Waals surface area contributed by atoms with E-state index in [-0.39, 0.29) is 23.5 Å². The van der Waals surface area contributed by atoms with E-state index in [0.717, 1.165) is 16.4 Å². The first kappa shape index (κ1) is 14.2. The molecule has 0 atom stereocenters. The van der Waals surface area contributed by atoms with Crippen LogP contribution in [0.3, 0.4) is 0 Å². The standard InChI is InChI=1S/C12H11FN2O2S/c1-3-7-15(8-6-14)18(16,17)12-5-4-11(13)9-10(12)2/h1,4-5,9H,7-8H2,2H3. The van der Waals surface area contributed by atoms with Crippen molar-refractivity contribution < 1.29 is 12.8 Å². The molecule has 0 heterocycles. The zero-order chi connectivity index (χ0) is 13.8. The van der Waals surface area contributed by atoms with E-state index in [9.17, 15) is 12.8 Å². The van der Waals surface area contributed by atoms with E-state index in [1.165, 1.54) is 13.0 Å². The monoisotopic (exact) mass is 266 g/mol. The highest BCUT2D eigenvalue weighted by Crippen LogP contribution is 2.20. The van der Waals surface area contributed by atoms with Crippen molar-refractivity contribution in [3.8, 4) is 18.4 Å². The summed E-state index contributed by atoms with van der Waals surface area (Å²) in [6.45, 7) is 0.937. The Morgan fingerprint density at radius 3 is 2.61 bits per heavy atom. The van der Waals surface area contributed by atoms with Gasteiger partial charge in [-0.25, -0.2) is 12.8 Å². The van der Waals surface area contributed by atoms with Gasteiger partial charge in [-0.1, -0.05) is 5.92 Å². The summed E-state index contributed by atoms with van der Waals surface area (Å²) in [6.07, 6.45) is 5.07. The van der Waals surface area contributed by atoms with Crippen LogP contribution < -0.4 is 0 Å². The first-order chi connectivity index (χ1) is 8.43. The molecule has 0 saturated heterocycles. The predicted molar refractivity (Wildman–Crippen MR) is 64.3 cm³/mol. The summed E-state index contributed by atoms with van der Waals surface area (Å²) in [7, 11) is -3.87. The highest BCUT2D eigenvalue weighted by atomic mass is 32.2. The second kappa shape index (κ2) is 5.63. The number of rotatable bonds is 4. The molecule has 0 aliphatic carbocycles. The molecule has 6 heteroatoms. The number of nitrogens with zero attached hydrogens (tertiary/aromatic N) is 2. The molecular weight excluding hydrogens is 255 g/mol. The topological polar surface area (TPSA) is 61.2 Å². The normalized spacial score (nSPS) is 10.9. The van der Waals surface area contributed by atoms with E-state index in [4.69, 9.17) is 11.7 Å². The number of benzene rings is 1. The molecular formula is C12H11FN2O2S. The maximum absolute atomic E-state index is 12.9. The lowest BCUT2D eigenvalue weighted by atomic mass is 10.2. The van der Waals surface area contributed by atoms with Gasteiger partial charge in [-0.05, 0) is 30.7 Å². The van der Waals surface area contributed by atoms with Gasteiger partial charge in [0.15, 0.2) is 0 Å². The van der Waals surface area contributed by atoms with Crippen molar-refractivity contribution in [2.24, 2.45) is 0 Å². The van der Waals surface area contributed by atoms with Crippen molar-refractivity contribution in [3.05, 3.63) is 29.6 Å². The minimum Gasteiger partial charge on any atom is -0.207 e. The van der Waals surface area contributed by atoms with Gasteiger partial charge in [-0.3, -0.25) is 0 Å². The van der Waals surface area contributed by atoms with Gasteiger partial charge in [0, 0.05) is 0 Å². The Morgan fingerprint density at radius 2 is 2.11 bits per heavy atom. The van der Waals surface area contributed by atoms with Crippen LogP contribution in [0, 0.1) is 36.4 Å². The van der Waals surface area contributed by atoms with E-state index in [2.05, 4.69) is 5.92 Å². The van der Waals surface area contributed by atoms with Crippen LogP contribution in [0.4, 0.5) is 4.39 Å². The van der Waals surface area contributed by atoms with Crippen LogP contribution in [0.25, 0.3) is 0 Å². The zero-order valence-electron chi connectivity index (χ0n) is 9.72. The van der Waals surface area contributed by atoms with Gasteiger partial charge in [0.25, 0.3) is 0 Å². The summed E-state index contributed by atoms with van der Waals surface area (Å²) in [5.74, 6) is 1.66. The first-order valence-electron chi connectivity index (χ1n) is 5.00. The number of halogens is 1. The summed E-state index contributed by atoms with van der Waals surface area (Å²) in [5.41, 5.74) is 0.273. The fraction of sp³-hybridized carbons (Fsp3) is 0.250. The summed E-state index contributed by atoms with van der Waals surface area (Å²) in [6, 6.07) is 5.08. The molecule has 0 saturated carbocycles. The molecule has 1 rings (SSSR count). The Hall–Kier alpha value is -1.89. The Labute approximate surface area is 106 Å². The van der Waals surface area contributed by atoms with E-state index >= 15 is 0 Å². The van der Waals surface area contributed by atoms with Crippen LogP contribution in [0.5, 0.6) is 0 Å². The first-order valence-corrected chi connectivity index (χ1v) is 6.44. The van der Waals surface area contributed by atoms with Gasteiger partial charge in [0.1, 0.15) is 12.4 Å². The summed E-state index contributed by atoms with van der Waals surface area (Å²) in [4.78, 5) is -0.0469. The molecule has 1 aromatic rings. The highest BCUT2D eigenvalue weighted by molar-refractivity contribution is 7.89. The molecule has 0 aliphatic heterocycles. The van der Waals surface area contributed by atoms with Gasteiger partial charge < -0.3 is 0 Å². The van der Waals surface area contributed by atoms with Gasteiger partial charge in [-0.2, -0.15) is 9.57 Å². The lowest BCUT2D eigenvalue weighted by Gasteiger charge is -2.17. The molecule has 94 valence electrons. The van der Waals surface area contributed by atoms with Crippen molar-refractivity contribution in [2.45, 2.75) is 11.8 Å². The molecule has 0 unspecified atom stereocenters. The average molecular weight is 266 g/mol. The van der Waals surface area contributed by atoms with Crippen LogP contribution in [-0.2, 0) is 10.0 Å². The minimum atomic E-state index is -3.87. The maximum Gasteiger partial charge on any atom is 0.245 e. The summed E-state index contributed by atoms with van der Waals surface area (Å²) >= 11 is 0. The molecule has 1 aromatic carbocycles. The third kappa shape index (κ3) is 2.86. The molecule has 0 radical (unpaired) electrons. The van der Waals surface area contributed by atoms with Crippen LogP contribution in [0.15, 0.2) is 23.1 Å². The zero-order valence-corrected chi connectivity index (χ0v) is 10.5. The molecule has 0 amide bonds. The smallest absolute Gasteiger partial charge is 0.207 e. The van der Waals surface area contributed by atoms with Crippen molar-refractivity contribution in [1.29, 1.82) is 5.26 Å². The summed E-state index contributed by atoms with van der Waals surface area (Å²) < 4.78 is 38.2. The fourth-order valence-corrected chi connectivity index (χ4v) is 2.90. The second-order valence-corrected chi connectivity index (χ2v) is 5.45. The Bertz CT molecular complexity index is 610. The minimum absolute atomic E-state index is 0.0469. The van der Waals surface area contributed by atoms with Crippen molar-refractivity contribution in [3.63, 3.8) is 0 Å². The number of sulfonamides is 1. The lowest BCUT2D eigenvalue weighted by Crippen LogP contribution is -2.32. The van der Waals surface area contributed by atoms with Crippen LogP contribution >= 0.6 is 0 Å². The van der Waals surface area contributed by atoms with Crippen molar-refractivity contribution >= 4 is 10.0 Å². The molecule has 0 spiro atoms. The van der Waals surface area contributed by atoms with Gasteiger partial charge in [0.2, 0.25) is 10.0 Å². The maximum atomic E-state index is 12.9. The molecule has 18 heavy (non-hydrogen) atoms. The Balaban J connectivity index is 3.28. The van der Waals surface area contributed by atoms with E-state index in [1.54, 1.807) is 6.07 Å². The molecule has 4 nitrogen and oxygen atoms in total. The van der Waals surface area contributed by atoms with Crippen molar-refractivity contribution in [2.75, 3.05) is 13.1 Å². The Kier molecular flexibility index (Phi) is 4.43. The third-order valence-corrected chi connectivity index (χ3v) is 4.22. The highest BCUT2D eigenvalue weighted by Gasteiger charge is 2.25. The van der Waals surface area contributed by atoms with E-state index in [0.29, 0.717) is 0 Å². The number of hydrogen-bond donors (Lipinski definition) is 0. The van der Waals surface area contributed by atoms with E-state index in [1.807, 2.05) is 0 Å². The van der Waals surface area contributed by atoms with Crippen LogP contribution in [0.2, 0.25) is 0 Å². The predicted octanol–water partition coefficient (Wildman–Crippen LogP) is 1.28. The van der Waals surface area contributed by atoms with Crippen LogP contribution in [0.1, 0.15) is 5.56 Å². The molecule has 0 bridgehead atoms. The second-order valence-electron chi connectivity index (χ2n) is 3.55. The quantitative estimate of drug-likeness (QED) is 0.609. The number of aryl methyl sites for hydroxylation is 1. The number of terminal acetylenes is 1. The lowest BCUT2D eigenvalue weighted by molar-refractivity contribution is 0.480. The molecule has 0 N–H and O–H groups in total. The molecule has 0 aromatic heterocycles. The number of hydrogen-bond acceptors (Lipinski definition) is 3. The van der Waals surface area contributed by atoms with Gasteiger partial charge >= 0.3 is 0 Å². The van der Waals surface area contributed by atoms with E-state index < -0.39 is 15.8 Å². The molecule has 0 aliphatic rings. The SMILES string of the molecule is C#CCN(CC#N)S(=O)(=O)c1ccc(F)cc1C. The molecule has 0 fully saturated rings. The Morgan fingerprint density at radius 1 is 1.44 bits per heavy atom. The van der Waals surface area contributed by atoms with Crippen LogP contribution in [-0.4, -0.2) is 25.8 Å². The van der Waals surface area contributed by atoms with Gasteiger partial charge in [0.05, 0.1) is 17.5 Å². The fourth-order valence-electron chi connectivity index (χ4n) is 1.45. The van der Waals surface area contributed by atoms with Crippen molar-refractivity contribution in [1.82, 2.24) is 4.31 Å². The summed E-state index contributed by atoms with van der Waals surface area (Å²) in [5, 5.41) is 8.60. The average Bonchev–Trinajstić information content (AvgIpc) is 2.28. The van der Waals surface area contributed by atoms with Gasteiger partial charge in [-0.15, -0.1) is 6.42 Å². The number of nitriles is 1. The largest absolute Gasteiger partial charge is 0.245 e.